The van der Waals surface area contributed by atoms with Crippen molar-refractivity contribution in [1.29, 1.82) is 0 Å². The maximum Gasteiger partial charge on any atom is 0.394 e. The van der Waals surface area contributed by atoms with E-state index < -0.39 is 43.1 Å². The van der Waals surface area contributed by atoms with Gasteiger partial charge >= 0.3 is 18.2 Å². The number of carbonyl (C=O) groups is 2. The fraction of sp³-hybridized carbons (Fsp3) is 0.333. The number of amides is 2. The molecular weight excluding hydrogens is 355 g/mol. The van der Waals surface area contributed by atoms with Crippen molar-refractivity contribution in [3.8, 4) is 5.69 Å². The largest absolute Gasteiger partial charge is 0.481 e. The molecule has 1 fully saturated rings. The summed E-state index contributed by atoms with van der Waals surface area (Å²) < 4.78 is 40.5. The highest BCUT2D eigenvalue weighted by Gasteiger charge is 2.53. The fourth-order valence-electron chi connectivity index (χ4n) is 2.83. The monoisotopic (exact) mass is 369 g/mol. The summed E-state index contributed by atoms with van der Waals surface area (Å²) in [5, 5.41) is 19.0. The first-order valence-electron chi connectivity index (χ1n) is 7.58. The van der Waals surface area contributed by atoms with Crippen LogP contribution in [0.15, 0.2) is 36.7 Å². The van der Waals surface area contributed by atoms with E-state index in [9.17, 15) is 22.8 Å². The molecule has 0 radical (unpaired) electrons. The van der Waals surface area contributed by atoms with E-state index >= 15 is 0 Å². The summed E-state index contributed by atoms with van der Waals surface area (Å²) in [7, 11) is 0. The Bertz CT molecular complexity index is 809. The molecule has 1 aromatic heterocycles. The fourth-order valence-corrected chi connectivity index (χ4v) is 2.83. The highest BCUT2D eigenvalue weighted by molar-refractivity contribution is 5.90. The van der Waals surface area contributed by atoms with Crippen LogP contribution in [0.25, 0.3) is 5.69 Å². The van der Waals surface area contributed by atoms with Crippen LogP contribution < -0.4 is 5.32 Å². The van der Waals surface area contributed by atoms with Crippen LogP contribution in [0.2, 0.25) is 0 Å². The Morgan fingerprint density at radius 1 is 1.27 bits per heavy atom. The van der Waals surface area contributed by atoms with Crippen LogP contribution >= 0.6 is 0 Å². The Hall–Kier alpha value is -3.11. The number of benzene rings is 1. The number of carbonyl (C=O) groups excluding carboxylic acids is 1. The number of nitrogens with one attached hydrogen (secondary N) is 1. The van der Waals surface area contributed by atoms with E-state index in [4.69, 9.17) is 5.11 Å². The van der Waals surface area contributed by atoms with Gasteiger partial charge in [0.2, 0.25) is 0 Å². The van der Waals surface area contributed by atoms with Gasteiger partial charge in [0.05, 0.1) is 29.9 Å². The van der Waals surface area contributed by atoms with Gasteiger partial charge in [-0.2, -0.15) is 13.2 Å². The van der Waals surface area contributed by atoms with Gasteiger partial charge in [0.1, 0.15) is 0 Å². The number of alkyl halides is 3. The first-order valence-corrected chi connectivity index (χ1v) is 7.58. The van der Waals surface area contributed by atoms with Crippen molar-refractivity contribution < 1.29 is 27.9 Å². The minimum absolute atomic E-state index is 0.338. The summed E-state index contributed by atoms with van der Waals surface area (Å²) in [6.45, 7) is -1.21. The maximum atomic E-state index is 13.0. The van der Waals surface area contributed by atoms with Gasteiger partial charge in [0.25, 0.3) is 0 Å². The first-order chi connectivity index (χ1) is 12.3. The number of carboxylic acids is 1. The Kier molecular flexibility index (Phi) is 4.53. The summed E-state index contributed by atoms with van der Waals surface area (Å²) in [4.78, 5) is 24.2. The molecule has 0 saturated carbocycles. The smallest absolute Gasteiger partial charge is 0.394 e. The molecule has 2 heterocycles. The number of aromatic nitrogens is 3. The Morgan fingerprint density at radius 3 is 2.62 bits per heavy atom. The molecule has 8 nitrogen and oxygen atoms in total. The third-order valence-electron chi connectivity index (χ3n) is 4.13. The normalized spacial score (nSPS) is 20.2. The lowest BCUT2D eigenvalue weighted by Crippen LogP contribution is -2.35. The average molecular weight is 369 g/mol. The van der Waals surface area contributed by atoms with E-state index in [0.29, 0.717) is 11.4 Å². The van der Waals surface area contributed by atoms with Gasteiger partial charge in [-0.05, 0) is 18.2 Å². The van der Waals surface area contributed by atoms with Crippen LogP contribution in [0.3, 0.4) is 0 Å². The van der Waals surface area contributed by atoms with Gasteiger partial charge in [-0.3, -0.25) is 4.79 Å². The summed E-state index contributed by atoms with van der Waals surface area (Å²) in [5.74, 6) is -5.34. The molecule has 2 amide bonds. The molecule has 1 aliphatic rings. The Balaban J connectivity index is 1.73. The number of aliphatic carboxylic acids is 1. The quantitative estimate of drug-likeness (QED) is 0.862. The van der Waals surface area contributed by atoms with Crippen molar-refractivity contribution in [2.75, 3.05) is 18.4 Å². The van der Waals surface area contributed by atoms with E-state index in [0.717, 1.165) is 4.90 Å². The second-order valence-electron chi connectivity index (χ2n) is 5.83. The number of rotatable bonds is 3. The zero-order valence-electron chi connectivity index (χ0n) is 13.2. The first kappa shape index (κ1) is 17.7. The van der Waals surface area contributed by atoms with Crippen molar-refractivity contribution in [1.82, 2.24) is 19.9 Å². The van der Waals surface area contributed by atoms with Crippen LogP contribution in [-0.2, 0) is 4.79 Å². The van der Waals surface area contributed by atoms with Crippen molar-refractivity contribution in [2.45, 2.75) is 6.18 Å². The summed E-state index contributed by atoms with van der Waals surface area (Å²) in [5.41, 5.74) is 0.934. The van der Waals surface area contributed by atoms with Crippen LogP contribution in [0.4, 0.5) is 23.7 Å². The molecule has 2 N–H and O–H groups in total. The van der Waals surface area contributed by atoms with Gasteiger partial charge < -0.3 is 15.3 Å². The number of hydrogen-bond acceptors (Lipinski definition) is 4. The third-order valence-corrected chi connectivity index (χ3v) is 4.13. The number of urea groups is 1. The molecule has 0 bridgehead atoms. The zero-order chi connectivity index (χ0) is 18.9. The number of hydrogen-bond donors (Lipinski definition) is 2. The number of halogens is 3. The van der Waals surface area contributed by atoms with Crippen molar-refractivity contribution in [3.63, 3.8) is 0 Å². The molecule has 0 spiro atoms. The average Bonchev–Trinajstić information content (AvgIpc) is 3.24. The second kappa shape index (κ2) is 6.65. The highest BCUT2D eigenvalue weighted by atomic mass is 19.4. The number of carboxylic acid groups (broad SMARTS) is 1. The van der Waals surface area contributed by atoms with Crippen molar-refractivity contribution in [3.05, 3.63) is 36.7 Å². The zero-order valence-corrected chi connectivity index (χ0v) is 13.2. The molecule has 2 aromatic rings. The molecule has 1 aromatic carbocycles. The predicted molar refractivity (Wildman–Crippen MR) is 82.6 cm³/mol. The van der Waals surface area contributed by atoms with Crippen LogP contribution in [-0.4, -0.2) is 56.3 Å². The van der Waals surface area contributed by atoms with E-state index in [1.54, 1.807) is 30.5 Å². The van der Waals surface area contributed by atoms with E-state index in [2.05, 4.69) is 15.6 Å². The minimum Gasteiger partial charge on any atom is -0.481 e. The summed E-state index contributed by atoms with van der Waals surface area (Å²) in [6, 6.07) is 5.68. The Morgan fingerprint density at radius 2 is 2.04 bits per heavy atom. The molecule has 138 valence electrons. The summed E-state index contributed by atoms with van der Waals surface area (Å²) >= 11 is 0. The minimum atomic E-state index is -4.69. The summed E-state index contributed by atoms with van der Waals surface area (Å²) in [6.07, 6.45) is -1.63. The van der Waals surface area contributed by atoms with Crippen molar-refractivity contribution in [2.24, 2.45) is 11.8 Å². The molecule has 1 saturated heterocycles. The number of nitrogens with zero attached hydrogens (tertiary/aromatic N) is 4. The van der Waals surface area contributed by atoms with E-state index in [-0.39, 0.29) is 0 Å². The van der Waals surface area contributed by atoms with Crippen molar-refractivity contribution >= 4 is 17.7 Å². The number of likely N-dealkylation sites (tertiary alicyclic amines) is 1. The van der Waals surface area contributed by atoms with Gasteiger partial charge in [0.15, 0.2) is 0 Å². The number of anilines is 1. The van der Waals surface area contributed by atoms with Crippen LogP contribution in [0.5, 0.6) is 0 Å². The molecule has 3 rings (SSSR count). The second-order valence-corrected chi connectivity index (χ2v) is 5.83. The molecule has 26 heavy (non-hydrogen) atoms. The SMILES string of the molecule is O=C(O)[C@@H]1CN(C(=O)Nc2cccc(-n3ccnn3)c2)C[C@H]1C(F)(F)F. The van der Waals surface area contributed by atoms with Gasteiger partial charge in [-0.1, -0.05) is 11.3 Å². The van der Waals surface area contributed by atoms with E-state index in [1.165, 1.54) is 10.9 Å². The topological polar surface area (TPSA) is 100 Å². The lowest BCUT2D eigenvalue weighted by atomic mass is 9.96. The lowest BCUT2D eigenvalue weighted by Gasteiger charge is -2.19. The maximum absolute atomic E-state index is 13.0. The molecular formula is C15H14F3N5O3. The van der Waals surface area contributed by atoms with Gasteiger partial charge in [0, 0.05) is 18.8 Å². The molecule has 0 unspecified atom stereocenters. The van der Waals surface area contributed by atoms with Crippen LogP contribution in [0, 0.1) is 11.8 Å². The third kappa shape index (κ3) is 3.60. The standard InChI is InChI=1S/C15H14F3N5O3/c16-15(17,18)12-8-22(7-11(12)13(24)25)14(26)20-9-2-1-3-10(6-9)23-5-4-19-21-23/h1-6,11-12H,7-8H2,(H,20,26)(H,24,25)/t11-,12-/m1/s1. The van der Waals surface area contributed by atoms with Gasteiger partial charge in [-0.15, -0.1) is 5.10 Å². The molecule has 1 aliphatic heterocycles. The molecule has 2 atom stereocenters. The highest BCUT2D eigenvalue weighted by Crippen LogP contribution is 2.37. The van der Waals surface area contributed by atoms with Crippen LogP contribution in [0.1, 0.15) is 0 Å². The van der Waals surface area contributed by atoms with E-state index in [1.807, 2.05) is 0 Å². The molecule has 11 heteroatoms. The van der Waals surface area contributed by atoms with Gasteiger partial charge in [-0.25, -0.2) is 9.48 Å². The Labute approximate surface area is 145 Å². The molecule has 0 aliphatic carbocycles. The lowest BCUT2D eigenvalue weighted by molar-refractivity contribution is -0.187. The predicted octanol–water partition coefficient (Wildman–Crippen LogP) is 1.99.